The van der Waals surface area contributed by atoms with E-state index in [9.17, 15) is 13.6 Å². The summed E-state index contributed by atoms with van der Waals surface area (Å²) in [5.74, 6) is -2.84. The molecule has 98 valence electrons. The number of carbonyl (C=O) groups is 1. The zero-order chi connectivity index (χ0) is 13.2. The number of halogens is 2. The third kappa shape index (κ3) is 3.12. The second-order valence-corrected chi connectivity index (χ2v) is 4.29. The first-order valence-electron chi connectivity index (χ1n) is 5.59. The highest BCUT2D eigenvalue weighted by molar-refractivity contribution is 5.70. The Morgan fingerprint density at radius 3 is 2.72 bits per heavy atom. The van der Waals surface area contributed by atoms with Crippen molar-refractivity contribution in [2.45, 2.75) is 25.7 Å². The van der Waals surface area contributed by atoms with Gasteiger partial charge in [-0.15, -0.1) is 0 Å². The summed E-state index contributed by atoms with van der Waals surface area (Å²) >= 11 is 0. The number of aryl methyl sites for hydroxylation is 1. The fraction of sp³-hybridized carbons (Fsp3) is 0.545. The summed E-state index contributed by atoms with van der Waals surface area (Å²) in [6.45, 7) is 1.44. The Labute approximate surface area is 103 Å². The van der Waals surface area contributed by atoms with Crippen LogP contribution < -0.4 is 4.74 Å². The monoisotopic (exact) mass is 257 g/mol. The highest BCUT2D eigenvalue weighted by Crippen LogP contribution is 2.26. The Bertz CT molecular complexity index is 436. The molecule has 0 spiro atoms. The van der Waals surface area contributed by atoms with Crippen LogP contribution in [0.1, 0.15) is 18.4 Å². The van der Waals surface area contributed by atoms with Crippen molar-refractivity contribution in [1.29, 1.82) is 0 Å². The van der Waals surface area contributed by atoms with E-state index in [4.69, 9.17) is 4.74 Å². The minimum Gasteiger partial charge on any atom is -0.374 e. The smallest absolute Gasteiger partial charge is 0.374 e. The maximum Gasteiger partial charge on any atom is 0.417 e. The second-order valence-electron chi connectivity index (χ2n) is 4.29. The van der Waals surface area contributed by atoms with Gasteiger partial charge in [-0.05, 0) is 18.9 Å². The third-order valence-electron chi connectivity index (χ3n) is 2.59. The third-order valence-corrected chi connectivity index (χ3v) is 2.59. The minimum absolute atomic E-state index is 0.125. The van der Waals surface area contributed by atoms with Crippen LogP contribution in [0.2, 0.25) is 0 Å². The molecule has 1 aliphatic heterocycles. The largest absolute Gasteiger partial charge is 0.417 e. The first-order chi connectivity index (χ1) is 8.46. The predicted octanol–water partition coefficient (Wildman–Crippen LogP) is 2.01. The topological polar surface area (TPSA) is 55.3 Å². The molecule has 1 fully saturated rings. The Hall–Kier alpha value is -1.79. The molecule has 5 nitrogen and oxygen atoms in total. The van der Waals surface area contributed by atoms with Gasteiger partial charge in [0.2, 0.25) is 0 Å². The van der Waals surface area contributed by atoms with E-state index in [1.165, 1.54) is 12.4 Å². The van der Waals surface area contributed by atoms with Crippen LogP contribution in [-0.4, -0.2) is 40.0 Å². The molecule has 0 aliphatic carbocycles. The normalized spacial score (nSPS) is 18.5. The quantitative estimate of drug-likeness (QED) is 0.772. The molecule has 18 heavy (non-hydrogen) atoms. The van der Waals surface area contributed by atoms with Gasteiger partial charge in [0.05, 0.1) is 6.54 Å². The van der Waals surface area contributed by atoms with Crippen LogP contribution >= 0.6 is 0 Å². The summed E-state index contributed by atoms with van der Waals surface area (Å²) in [7, 11) is 0. The number of aromatic nitrogens is 2. The molecule has 0 saturated carbocycles. The fourth-order valence-electron chi connectivity index (χ4n) is 1.70. The predicted molar refractivity (Wildman–Crippen MR) is 58.5 cm³/mol. The van der Waals surface area contributed by atoms with Crippen LogP contribution in [-0.2, 0) is 0 Å². The molecule has 1 saturated heterocycles. The molecule has 2 rings (SSSR count). The summed E-state index contributed by atoms with van der Waals surface area (Å²) in [6, 6.07) is -0.125. The Kier molecular flexibility index (Phi) is 3.40. The molecule has 0 atom stereocenters. The van der Waals surface area contributed by atoms with Crippen LogP contribution in [0, 0.1) is 6.92 Å². The number of hydrogen-bond donors (Lipinski definition) is 0. The molecule has 0 aromatic carbocycles. The number of likely N-dealkylation sites (tertiary alicyclic amines) is 1. The van der Waals surface area contributed by atoms with E-state index in [1.807, 2.05) is 0 Å². The SMILES string of the molecule is Cc1cnc(OC(=O)N2CCCC(F)(F)C2)nc1. The zero-order valence-corrected chi connectivity index (χ0v) is 9.90. The van der Waals surface area contributed by atoms with Crippen molar-refractivity contribution < 1.29 is 18.3 Å². The van der Waals surface area contributed by atoms with Gasteiger partial charge >= 0.3 is 12.1 Å². The molecule has 2 heterocycles. The fourth-order valence-corrected chi connectivity index (χ4v) is 1.70. The van der Waals surface area contributed by atoms with Crippen LogP contribution in [0.5, 0.6) is 6.01 Å². The molecule has 7 heteroatoms. The number of nitrogens with zero attached hydrogens (tertiary/aromatic N) is 3. The van der Waals surface area contributed by atoms with Crippen molar-refractivity contribution in [3.05, 3.63) is 18.0 Å². The lowest BCUT2D eigenvalue weighted by Gasteiger charge is -2.31. The summed E-state index contributed by atoms with van der Waals surface area (Å²) in [6.07, 6.45) is 2.20. The van der Waals surface area contributed by atoms with Crippen molar-refractivity contribution in [1.82, 2.24) is 14.9 Å². The molecule has 1 aliphatic rings. The lowest BCUT2D eigenvalue weighted by molar-refractivity contribution is -0.0567. The van der Waals surface area contributed by atoms with Gasteiger partial charge in [0.25, 0.3) is 5.92 Å². The number of alkyl halides is 2. The van der Waals surface area contributed by atoms with Crippen LogP contribution in [0.25, 0.3) is 0 Å². The maximum absolute atomic E-state index is 13.1. The molecule has 0 unspecified atom stereocenters. The van der Waals surface area contributed by atoms with Crippen LogP contribution in [0.15, 0.2) is 12.4 Å². The highest BCUT2D eigenvalue weighted by atomic mass is 19.3. The molecule has 1 aromatic rings. The van der Waals surface area contributed by atoms with Crippen molar-refractivity contribution >= 4 is 6.09 Å². The average molecular weight is 257 g/mol. The van der Waals surface area contributed by atoms with Gasteiger partial charge < -0.3 is 9.64 Å². The van der Waals surface area contributed by atoms with Crippen molar-refractivity contribution in [2.24, 2.45) is 0 Å². The van der Waals surface area contributed by atoms with Crippen LogP contribution in [0.4, 0.5) is 13.6 Å². The lowest BCUT2D eigenvalue weighted by atomic mass is 10.1. The van der Waals surface area contributed by atoms with Gasteiger partial charge in [0.15, 0.2) is 0 Å². The van der Waals surface area contributed by atoms with Gasteiger partial charge in [-0.2, -0.15) is 0 Å². The number of carbonyl (C=O) groups excluding carboxylic acids is 1. The number of hydrogen-bond acceptors (Lipinski definition) is 4. The maximum atomic E-state index is 13.1. The number of amides is 1. The van der Waals surface area contributed by atoms with E-state index < -0.39 is 18.6 Å². The van der Waals surface area contributed by atoms with E-state index in [2.05, 4.69) is 9.97 Å². The van der Waals surface area contributed by atoms with E-state index in [0.717, 1.165) is 10.5 Å². The summed E-state index contributed by atoms with van der Waals surface area (Å²) < 4.78 is 31.1. The van der Waals surface area contributed by atoms with Crippen molar-refractivity contribution in [3.63, 3.8) is 0 Å². The van der Waals surface area contributed by atoms with Gasteiger partial charge in [-0.3, -0.25) is 0 Å². The molecule has 1 amide bonds. The summed E-state index contributed by atoms with van der Waals surface area (Å²) in [5, 5.41) is 0. The van der Waals surface area contributed by atoms with Gasteiger partial charge in [-0.1, -0.05) is 0 Å². The minimum atomic E-state index is -2.84. The first kappa shape index (κ1) is 12.7. The molecule has 0 N–H and O–H groups in total. The molecular weight excluding hydrogens is 244 g/mol. The summed E-state index contributed by atoms with van der Waals surface area (Å²) in [4.78, 5) is 20.2. The lowest BCUT2D eigenvalue weighted by Crippen LogP contribution is -2.46. The number of rotatable bonds is 1. The number of piperidine rings is 1. The molecule has 1 aromatic heterocycles. The Morgan fingerprint density at radius 1 is 1.44 bits per heavy atom. The highest BCUT2D eigenvalue weighted by Gasteiger charge is 2.37. The first-order valence-corrected chi connectivity index (χ1v) is 5.59. The average Bonchev–Trinajstić information content (AvgIpc) is 2.31. The van der Waals surface area contributed by atoms with E-state index in [-0.39, 0.29) is 25.4 Å². The standard InChI is InChI=1S/C11H13F2N3O2/c1-8-5-14-9(15-6-8)18-10(17)16-4-2-3-11(12,13)7-16/h5-6H,2-4,7H2,1H3. The van der Waals surface area contributed by atoms with Gasteiger partial charge in [0, 0.05) is 25.4 Å². The van der Waals surface area contributed by atoms with E-state index in [0.29, 0.717) is 0 Å². The second kappa shape index (κ2) is 4.83. The molecule has 0 bridgehead atoms. The Balaban J connectivity index is 1.97. The van der Waals surface area contributed by atoms with Crippen LogP contribution in [0.3, 0.4) is 0 Å². The summed E-state index contributed by atoms with van der Waals surface area (Å²) in [5.41, 5.74) is 0.819. The van der Waals surface area contributed by atoms with E-state index >= 15 is 0 Å². The zero-order valence-electron chi connectivity index (χ0n) is 9.90. The number of ether oxygens (including phenoxy) is 1. The van der Waals surface area contributed by atoms with Crippen molar-refractivity contribution in [2.75, 3.05) is 13.1 Å². The molecular formula is C11H13F2N3O2. The van der Waals surface area contributed by atoms with Gasteiger partial charge in [-0.25, -0.2) is 23.5 Å². The Morgan fingerprint density at radius 2 is 2.11 bits per heavy atom. The van der Waals surface area contributed by atoms with Crippen molar-refractivity contribution in [3.8, 4) is 6.01 Å². The molecule has 0 radical (unpaired) electrons. The van der Waals surface area contributed by atoms with E-state index in [1.54, 1.807) is 6.92 Å². The van der Waals surface area contributed by atoms with Gasteiger partial charge in [0.1, 0.15) is 0 Å².